The topological polar surface area (TPSA) is 58.6 Å². The van der Waals surface area contributed by atoms with Crippen LogP contribution in [0.5, 0.6) is 0 Å². The molecule has 0 saturated carbocycles. The van der Waals surface area contributed by atoms with Crippen LogP contribution in [0.1, 0.15) is 5.56 Å². The third kappa shape index (κ3) is 0.972. The minimum atomic E-state index is -0.361. The van der Waals surface area contributed by atoms with Gasteiger partial charge in [-0.25, -0.2) is 14.8 Å². The number of aromatic amines is 1. The number of rotatable bonds is 0. The first kappa shape index (κ1) is 6.97. The molecule has 4 nitrogen and oxygen atoms in total. The molecule has 2 heterocycles. The lowest BCUT2D eigenvalue weighted by Gasteiger charge is -1.97. The third-order valence-corrected chi connectivity index (χ3v) is 1.74. The Morgan fingerprint density at radius 1 is 1.42 bits per heavy atom. The maximum Gasteiger partial charge on any atom is 0.346 e. The molecule has 2 rings (SSSR count). The van der Waals surface area contributed by atoms with E-state index in [0.717, 1.165) is 10.9 Å². The van der Waals surface area contributed by atoms with E-state index in [0.29, 0.717) is 5.65 Å². The second-order valence-electron chi connectivity index (χ2n) is 2.58. The van der Waals surface area contributed by atoms with Crippen LogP contribution in [0, 0.1) is 6.92 Å². The molecule has 2 aromatic rings. The van der Waals surface area contributed by atoms with Crippen molar-refractivity contribution in [3.63, 3.8) is 0 Å². The number of nitrogens with zero attached hydrogens (tertiary/aromatic N) is 2. The van der Waals surface area contributed by atoms with E-state index in [1.54, 1.807) is 6.20 Å². The quantitative estimate of drug-likeness (QED) is 0.616. The number of aromatic nitrogens is 3. The minimum absolute atomic E-state index is 0.361. The predicted octanol–water partition coefficient (Wildman–Crippen LogP) is 0.627. The van der Waals surface area contributed by atoms with Crippen LogP contribution in [0.25, 0.3) is 11.0 Å². The lowest BCUT2D eigenvalue weighted by molar-refractivity contribution is 1.09. The summed E-state index contributed by atoms with van der Waals surface area (Å²) in [7, 11) is 0. The highest BCUT2D eigenvalue weighted by atomic mass is 16.1. The van der Waals surface area contributed by atoms with Crippen molar-refractivity contribution in [1.29, 1.82) is 0 Å². The van der Waals surface area contributed by atoms with E-state index >= 15 is 0 Å². The zero-order valence-corrected chi connectivity index (χ0v) is 6.53. The molecule has 0 unspecified atom stereocenters. The molecular weight excluding hydrogens is 154 g/mol. The van der Waals surface area contributed by atoms with Gasteiger partial charge in [0.2, 0.25) is 0 Å². The molecule has 0 fully saturated rings. The second-order valence-corrected chi connectivity index (χ2v) is 2.58. The van der Waals surface area contributed by atoms with E-state index in [1.807, 2.05) is 13.0 Å². The molecule has 0 aliphatic heterocycles. The summed E-state index contributed by atoms with van der Waals surface area (Å²) < 4.78 is 0. The minimum Gasteiger partial charge on any atom is -0.290 e. The van der Waals surface area contributed by atoms with Gasteiger partial charge in [0, 0.05) is 17.8 Å². The summed E-state index contributed by atoms with van der Waals surface area (Å²) in [6, 6.07) is 1.88. The lowest BCUT2D eigenvalue weighted by Crippen LogP contribution is -2.09. The largest absolute Gasteiger partial charge is 0.346 e. The Morgan fingerprint density at radius 3 is 3.08 bits per heavy atom. The van der Waals surface area contributed by atoms with Crippen LogP contribution in [0.15, 0.2) is 23.3 Å². The van der Waals surface area contributed by atoms with Gasteiger partial charge in [0.25, 0.3) is 0 Å². The number of aryl methyl sites for hydroxylation is 1. The monoisotopic (exact) mass is 161 g/mol. The van der Waals surface area contributed by atoms with Crippen molar-refractivity contribution in [3.05, 3.63) is 34.5 Å². The van der Waals surface area contributed by atoms with Crippen LogP contribution >= 0.6 is 0 Å². The summed E-state index contributed by atoms with van der Waals surface area (Å²) in [5.74, 6) is 0. The van der Waals surface area contributed by atoms with Gasteiger partial charge in [0.15, 0.2) is 0 Å². The number of H-pyrrole nitrogens is 1. The Labute approximate surface area is 68.3 Å². The van der Waals surface area contributed by atoms with Crippen molar-refractivity contribution in [1.82, 2.24) is 15.0 Å². The van der Waals surface area contributed by atoms with Crippen molar-refractivity contribution < 1.29 is 0 Å². The summed E-state index contributed by atoms with van der Waals surface area (Å²) in [5.41, 5.74) is 1.29. The van der Waals surface area contributed by atoms with Gasteiger partial charge in [0.05, 0.1) is 0 Å². The second kappa shape index (κ2) is 2.41. The lowest BCUT2D eigenvalue weighted by atomic mass is 10.2. The van der Waals surface area contributed by atoms with Gasteiger partial charge in [0.1, 0.15) is 5.65 Å². The van der Waals surface area contributed by atoms with Crippen LogP contribution in [0.3, 0.4) is 0 Å². The Morgan fingerprint density at radius 2 is 2.25 bits per heavy atom. The van der Waals surface area contributed by atoms with E-state index in [9.17, 15) is 4.79 Å². The van der Waals surface area contributed by atoms with Gasteiger partial charge in [-0.3, -0.25) is 4.98 Å². The number of fused-ring (bicyclic) bond motifs is 1. The first-order chi connectivity index (χ1) is 5.77. The fraction of sp³-hybridized carbons (Fsp3) is 0.125. The average Bonchev–Trinajstić information content (AvgIpc) is 2.04. The summed E-state index contributed by atoms with van der Waals surface area (Å²) in [4.78, 5) is 21.0. The van der Waals surface area contributed by atoms with E-state index < -0.39 is 0 Å². The van der Waals surface area contributed by atoms with Gasteiger partial charge < -0.3 is 0 Å². The molecule has 4 heteroatoms. The number of hydrogen-bond donors (Lipinski definition) is 1. The normalized spacial score (nSPS) is 10.4. The third-order valence-electron chi connectivity index (χ3n) is 1.74. The molecule has 60 valence electrons. The van der Waals surface area contributed by atoms with Crippen molar-refractivity contribution >= 4 is 11.0 Å². The summed E-state index contributed by atoms with van der Waals surface area (Å²) in [6.07, 6.45) is 3.20. The van der Waals surface area contributed by atoms with Gasteiger partial charge in [-0.2, -0.15) is 0 Å². The van der Waals surface area contributed by atoms with E-state index in [4.69, 9.17) is 0 Å². The summed E-state index contributed by atoms with van der Waals surface area (Å²) in [5, 5.41) is 0.886. The molecule has 12 heavy (non-hydrogen) atoms. The Balaban J connectivity index is 2.96. The zero-order chi connectivity index (χ0) is 8.55. The SMILES string of the molecule is Cc1ccnc2[nH]c(=O)ncc12. The molecule has 0 spiro atoms. The Bertz CT molecular complexity index is 475. The highest BCUT2D eigenvalue weighted by Crippen LogP contribution is 2.09. The van der Waals surface area contributed by atoms with Crippen molar-refractivity contribution in [2.45, 2.75) is 6.92 Å². The van der Waals surface area contributed by atoms with Crippen LogP contribution in [-0.4, -0.2) is 15.0 Å². The molecule has 0 amide bonds. The Kier molecular flexibility index (Phi) is 1.40. The van der Waals surface area contributed by atoms with Crippen molar-refractivity contribution in [2.75, 3.05) is 0 Å². The first-order valence-electron chi connectivity index (χ1n) is 3.58. The molecule has 0 atom stereocenters. The molecule has 0 bridgehead atoms. The molecule has 0 radical (unpaired) electrons. The highest BCUT2D eigenvalue weighted by Gasteiger charge is 1.97. The average molecular weight is 161 g/mol. The van der Waals surface area contributed by atoms with Crippen LogP contribution < -0.4 is 5.69 Å². The van der Waals surface area contributed by atoms with Gasteiger partial charge in [-0.1, -0.05) is 0 Å². The van der Waals surface area contributed by atoms with Crippen molar-refractivity contribution in [2.24, 2.45) is 0 Å². The zero-order valence-electron chi connectivity index (χ0n) is 6.53. The van der Waals surface area contributed by atoms with Crippen LogP contribution in [0.2, 0.25) is 0 Å². The maximum atomic E-state index is 10.8. The van der Waals surface area contributed by atoms with Crippen LogP contribution in [-0.2, 0) is 0 Å². The smallest absolute Gasteiger partial charge is 0.290 e. The van der Waals surface area contributed by atoms with E-state index in [1.165, 1.54) is 6.20 Å². The predicted molar refractivity (Wildman–Crippen MR) is 44.9 cm³/mol. The first-order valence-corrected chi connectivity index (χ1v) is 3.58. The molecule has 2 aromatic heterocycles. The van der Waals surface area contributed by atoms with Gasteiger partial charge in [-0.05, 0) is 18.6 Å². The molecule has 0 aromatic carbocycles. The Hall–Kier alpha value is -1.71. The summed E-state index contributed by atoms with van der Waals surface area (Å²) in [6.45, 7) is 1.95. The fourth-order valence-corrected chi connectivity index (χ4v) is 1.09. The van der Waals surface area contributed by atoms with Gasteiger partial charge in [-0.15, -0.1) is 0 Å². The highest BCUT2D eigenvalue weighted by molar-refractivity contribution is 5.76. The molecule has 0 aliphatic rings. The van der Waals surface area contributed by atoms with Crippen LogP contribution in [0.4, 0.5) is 0 Å². The molecular formula is C8H7N3O. The standard InChI is InChI=1S/C8H7N3O/c1-5-2-3-9-7-6(5)4-10-8(12)11-7/h2-4H,1H3,(H,9,10,11,12). The fourth-order valence-electron chi connectivity index (χ4n) is 1.09. The molecule has 0 saturated heterocycles. The molecule has 0 aliphatic carbocycles. The number of pyridine rings is 1. The number of hydrogen-bond acceptors (Lipinski definition) is 3. The van der Waals surface area contributed by atoms with Crippen molar-refractivity contribution in [3.8, 4) is 0 Å². The van der Waals surface area contributed by atoms with E-state index in [-0.39, 0.29) is 5.69 Å². The summed E-state index contributed by atoms with van der Waals surface area (Å²) >= 11 is 0. The van der Waals surface area contributed by atoms with E-state index in [2.05, 4.69) is 15.0 Å². The van der Waals surface area contributed by atoms with Gasteiger partial charge >= 0.3 is 5.69 Å². The molecule has 1 N–H and O–H groups in total. The maximum absolute atomic E-state index is 10.8. The number of nitrogens with one attached hydrogen (secondary N) is 1.